The van der Waals surface area contributed by atoms with Gasteiger partial charge in [0.05, 0.1) is 6.20 Å². The fourth-order valence-electron chi connectivity index (χ4n) is 1.82. The average Bonchev–Trinajstić information content (AvgIpc) is 2.77. The second kappa shape index (κ2) is 4.94. The van der Waals surface area contributed by atoms with Gasteiger partial charge in [-0.05, 0) is 24.6 Å². The van der Waals surface area contributed by atoms with E-state index in [0.29, 0.717) is 5.56 Å². The summed E-state index contributed by atoms with van der Waals surface area (Å²) in [7, 11) is 3.56. The van der Waals surface area contributed by atoms with Crippen LogP contribution in [0.15, 0.2) is 34.9 Å². The van der Waals surface area contributed by atoms with Crippen LogP contribution in [0.1, 0.15) is 15.9 Å². The van der Waals surface area contributed by atoms with Gasteiger partial charge in [0.2, 0.25) is 0 Å². The fraction of sp³-hybridized carbons (Fsp3) is 0.231. The topological polar surface area (TPSA) is 38.1 Å². The molecule has 0 saturated heterocycles. The molecular formula is C13H14BrN3O. The Labute approximate surface area is 114 Å². The van der Waals surface area contributed by atoms with Crippen molar-refractivity contribution in [2.75, 3.05) is 11.9 Å². The summed E-state index contributed by atoms with van der Waals surface area (Å²) in [5.41, 5.74) is 1.63. The predicted molar refractivity (Wildman–Crippen MR) is 74.8 cm³/mol. The molecule has 2 aromatic rings. The van der Waals surface area contributed by atoms with E-state index in [4.69, 9.17) is 0 Å². The first-order valence-electron chi connectivity index (χ1n) is 5.53. The highest BCUT2D eigenvalue weighted by atomic mass is 79.9. The number of anilines is 1. The summed E-state index contributed by atoms with van der Waals surface area (Å²) in [6.07, 6.45) is 1.67. The molecule has 0 N–H and O–H groups in total. The van der Waals surface area contributed by atoms with Crippen molar-refractivity contribution in [1.29, 1.82) is 0 Å². The maximum atomic E-state index is 12.4. The van der Waals surface area contributed by atoms with Crippen molar-refractivity contribution in [1.82, 2.24) is 9.78 Å². The van der Waals surface area contributed by atoms with Gasteiger partial charge in [-0.25, -0.2) is 0 Å². The summed E-state index contributed by atoms with van der Waals surface area (Å²) in [6.45, 7) is 1.92. The number of hydrogen-bond acceptors (Lipinski definition) is 2. The number of aryl methyl sites for hydroxylation is 1. The van der Waals surface area contributed by atoms with Crippen molar-refractivity contribution in [2.45, 2.75) is 6.92 Å². The molecule has 0 spiro atoms. The molecule has 5 heteroatoms. The Morgan fingerprint density at radius 1 is 1.39 bits per heavy atom. The Bertz CT molecular complexity index is 592. The van der Waals surface area contributed by atoms with E-state index in [2.05, 4.69) is 21.0 Å². The second-order valence-electron chi connectivity index (χ2n) is 4.09. The summed E-state index contributed by atoms with van der Waals surface area (Å²) in [4.78, 5) is 14.0. The molecule has 94 valence electrons. The quantitative estimate of drug-likeness (QED) is 0.855. The molecule has 0 unspecified atom stereocenters. The molecular weight excluding hydrogens is 294 g/mol. The van der Waals surface area contributed by atoms with Gasteiger partial charge in [0.25, 0.3) is 5.91 Å². The first-order chi connectivity index (χ1) is 8.52. The number of nitrogens with zero attached hydrogens (tertiary/aromatic N) is 3. The number of amides is 1. The lowest BCUT2D eigenvalue weighted by Crippen LogP contribution is -2.28. The molecule has 0 aliphatic rings. The Balaban J connectivity index is 2.38. The van der Waals surface area contributed by atoms with Crippen LogP contribution in [0.4, 0.5) is 5.82 Å². The van der Waals surface area contributed by atoms with Gasteiger partial charge in [-0.3, -0.25) is 14.4 Å². The minimum Gasteiger partial charge on any atom is -0.296 e. The summed E-state index contributed by atoms with van der Waals surface area (Å²) in [6, 6.07) is 7.43. The van der Waals surface area contributed by atoms with Crippen molar-refractivity contribution in [2.24, 2.45) is 7.05 Å². The molecule has 4 nitrogen and oxygen atoms in total. The molecule has 1 amide bonds. The van der Waals surface area contributed by atoms with Crippen molar-refractivity contribution in [3.05, 3.63) is 46.1 Å². The fourth-order valence-corrected chi connectivity index (χ4v) is 2.19. The smallest absolute Gasteiger partial charge is 0.259 e. The Hall–Kier alpha value is -1.62. The zero-order valence-corrected chi connectivity index (χ0v) is 12.1. The van der Waals surface area contributed by atoms with Gasteiger partial charge >= 0.3 is 0 Å². The number of carbonyl (C=O) groups is 1. The molecule has 0 atom stereocenters. The van der Waals surface area contributed by atoms with Crippen LogP contribution in [-0.2, 0) is 7.05 Å². The molecule has 2 rings (SSSR count). The minimum absolute atomic E-state index is 0.0441. The number of halogens is 1. The van der Waals surface area contributed by atoms with Crippen LogP contribution in [0.25, 0.3) is 0 Å². The minimum atomic E-state index is -0.0441. The summed E-state index contributed by atoms with van der Waals surface area (Å²) < 4.78 is 2.61. The molecule has 1 aromatic carbocycles. The highest BCUT2D eigenvalue weighted by Crippen LogP contribution is 2.22. The summed E-state index contributed by atoms with van der Waals surface area (Å²) in [5.74, 6) is 0.719. The zero-order valence-electron chi connectivity index (χ0n) is 10.5. The van der Waals surface area contributed by atoms with E-state index in [9.17, 15) is 4.79 Å². The molecule has 0 saturated carbocycles. The van der Waals surface area contributed by atoms with E-state index in [1.54, 1.807) is 22.8 Å². The molecule has 0 radical (unpaired) electrons. The number of benzene rings is 1. The average molecular weight is 308 g/mol. The van der Waals surface area contributed by atoms with Crippen LogP contribution in [0.5, 0.6) is 0 Å². The normalized spacial score (nSPS) is 10.4. The van der Waals surface area contributed by atoms with Crippen LogP contribution in [0, 0.1) is 6.92 Å². The number of rotatable bonds is 2. The molecule has 0 bridgehead atoms. The third-order valence-electron chi connectivity index (χ3n) is 2.94. The van der Waals surface area contributed by atoms with E-state index in [1.165, 1.54) is 0 Å². The van der Waals surface area contributed by atoms with E-state index in [0.717, 1.165) is 15.9 Å². The summed E-state index contributed by atoms with van der Waals surface area (Å²) in [5, 5.41) is 4.07. The standard InChI is InChI=1S/C13H14BrN3O/c1-9-10(5-4-6-11(9)14)13(18)16(2)12-7-8-15-17(12)3/h4-8H,1-3H3. The maximum Gasteiger partial charge on any atom is 0.259 e. The first kappa shape index (κ1) is 12.8. The molecule has 1 heterocycles. The Morgan fingerprint density at radius 3 is 2.72 bits per heavy atom. The van der Waals surface area contributed by atoms with Gasteiger partial charge in [-0.15, -0.1) is 0 Å². The molecule has 0 fully saturated rings. The Kier molecular flexibility index (Phi) is 3.52. The van der Waals surface area contributed by atoms with E-state index >= 15 is 0 Å². The van der Waals surface area contributed by atoms with E-state index < -0.39 is 0 Å². The third kappa shape index (κ3) is 2.18. The molecule has 0 aliphatic carbocycles. The van der Waals surface area contributed by atoms with Gasteiger partial charge in [-0.1, -0.05) is 22.0 Å². The van der Waals surface area contributed by atoms with Gasteiger partial charge < -0.3 is 0 Å². The van der Waals surface area contributed by atoms with E-state index in [1.807, 2.05) is 38.2 Å². The third-order valence-corrected chi connectivity index (χ3v) is 3.80. The van der Waals surface area contributed by atoms with Gasteiger partial charge in [-0.2, -0.15) is 5.10 Å². The second-order valence-corrected chi connectivity index (χ2v) is 4.94. The SMILES string of the molecule is Cc1c(Br)cccc1C(=O)N(C)c1ccnn1C. The van der Waals surface area contributed by atoms with Crippen molar-refractivity contribution < 1.29 is 4.79 Å². The monoisotopic (exact) mass is 307 g/mol. The largest absolute Gasteiger partial charge is 0.296 e. The number of aromatic nitrogens is 2. The van der Waals surface area contributed by atoms with Crippen LogP contribution in [-0.4, -0.2) is 22.7 Å². The number of hydrogen-bond donors (Lipinski definition) is 0. The van der Waals surface area contributed by atoms with Crippen LogP contribution < -0.4 is 4.90 Å². The lowest BCUT2D eigenvalue weighted by molar-refractivity contribution is 0.0991. The van der Waals surface area contributed by atoms with Crippen LogP contribution in [0.3, 0.4) is 0 Å². The summed E-state index contributed by atoms with van der Waals surface area (Å²) >= 11 is 3.44. The van der Waals surface area contributed by atoms with Crippen molar-refractivity contribution in [3.8, 4) is 0 Å². The Morgan fingerprint density at radius 2 is 2.11 bits per heavy atom. The lowest BCUT2D eigenvalue weighted by atomic mass is 10.1. The van der Waals surface area contributed by atoms with Gasteiger partial charge in [0.1, 0.15) is 5.82 Å². The molecule has 0 aliphatic heterocycles. The van der Waals surface area contributed by atoms with Crippen molar-refractivity contribution >= 4 is 27.7 Å². The molecule has 18 heavy (non-hydrogen) atoms. The van der Waals surface area contributed by atoms with E-state index in [-0.39, 0.29) is 5.91 Å². The van der Waals surface area contributed by atoms with Crippen LogP contribution in [0.2, 0.25) is 0 Å². The van der Waals surface area contributed by atoms with Gasteiger partial charge in [0, 0.05) is 30.2 Å². The number of carbonyl (C=O) groups excluding carboxylic acids is 1. The highest BCUT2D eigenvalue weighted by molar-refractivity contribution is 9.10. The zero-order chi connectivity index (χ0) is 13.3. The van der Waals surface area contributed by atoms with Gasteiger partial charge in [0.15, 0.2) is 0 Å². The highest BCUT2D eigenvalue weighted by Gasteiger charge is 2.18. The molecule has 1 aromatic heterocycles. The van der Waals surface area contributed by atoms with Crippen LogP contribution >= 0.6 is 15.9 Å². The predicted octanol–water partition coefficient (Wildman–Crippen LogP) is 2.77. The lowest BCUT2D eigenvalue weighted by Gasteiger charge is -2.18. The maximum absolute atomic E-state index is 12.4. The first-order valence-corrected chi connectivity index (χ1v) is 6.33. The van der Waals surface area contributed by atoms with Crippen molar-refractivity contribution in [3.63, 3.8) is 0 Å².